The minimum absolute atomic E-state index is 0.0125. The molecule has 0 aliphatic rings. The Morgan fingerprint density at radius 2 is 1.80 bits per heavy atom. The van der Waals surface area contributed by atoms with Crippen LogP contribution in [0.2, 0.25) is 0 Å². The molecule has 5 nitrogen and oxygen atoms in total. The number of nitrogens with one attached hydrogen (secondary N) is 1. The molecular formula is C15H20N4O. The smallest absolute Gasteiger partial charge is 0.225 e. The van der Waals surface area contributed by atoms with Crippen molar-refractivity contribution in [2.75, 3.05) is 0 Å². The van der Waals surface area contributed by atoms with Gasteiger partial charge in [-0.2, -0.15) is 15.0 Å². The molecule has 2 aromatic rings. The molecule has 0 saturated heterocycles. The highest BCUT2D eigenvalue weighted by Crippen LogP contribution is 2.19. The molecule has 0 spiro atoms. The Morgan fingerprint density at radius 3 is 2.35 bits per heavy atom. The summed E-state index contributed by atoms with van der Waals surface area (Å²) in [5, 5.41) is 11.3. The molecule has 0 bridgehead atoms. The van der Waals surface area contributed by atoms with E-state index in [1.807, 2.05) is 51.1 Å². The van der Waals surface area contributed by atoms with Crippen LogP contribution < -0.4 is 5.32 Å². The largest absolute Gasteiger partial charge is 0.347 e. The summed E-state index contributed by atoms with van der Waals surface area (Å²) >= 11 is 0. The average molecular weight is 272 g/mol. The van der Waals surface area contributed by atoms with Crippen LogP contribution in [0.4, 0.5) is 0 Å². The number of amides is 1. The summed E-state index contributed by atoms with van der Waals surface area (Å²) in [5.74, 6) is 0.0125. The van der Waals surface area contributed by atoms with E-state index in [1.54, 1.807) is 17.2 Å². The van der Waals surface area contributed by atoms with Crippen LogP contribution in [0.5, 0.6) is 0 Å². The van der Waals surface area contributed by atoms with Crippen LogP contribution in [0.15, 0.2) is 42.7 Å². The molecule has 20 heavy (non-hydrogen) atoms. The fourth-order valence-corrected chi connectivity index (χ4v) is 1.80. The van der Waals surface area contributed by atoms with E-state index in [9.17, 15) is 4.79 Å². The molecular weight excluding hydrogens is 252 g/mol. The van der Waals surface area contributed by atoms with Crippen LogP contribution in [-0.4, -0.2) is 20.9 Å². The second-order valence-corrected chi connectivity index (χ2v) is 5.77. The normalized spacial score (nSPS) is 12.9. The van der Waals surface area contributed by atoms with E-state index >= 15 is 0 Å². The van der Waals surface area contributed by atoms with Crippen molar-refractivity contribution in [3.05, 3.63) is 48.3 Å². The summed E-state index contributed by atoms with van der Waals surface area (Å²) in [6.45, 7) is 6.21. The van der Waals surface area contributed by atoms with Gasteiger partial charge in [0, 0.05) is 5.41 Å². The molecule has 1 N–H and O–H groups in total. The lowest BCUT2D eigenvalue weighted by atomic mass is 9.94. The monoisotopic (exact) mass is 272 g/mol. The third kappa shape index (κ3) is 3.66. The predicted molar refractivity (Wildman–Crippen MR) is 76.8 cm³/mol. The van der Waals surface area contributed by atoms with E-state index in [0.717, 1.165) is 5.56 Å². The topological polar surface area (TPSA) is 59.8 Å². The zero-order valence-corrected chi connectivity index (χ0v) is 12.1. The molecule has 1 heterocycles. The van der Waals surface area contributed by atoms with Gasteiger partial charge in [0.15, 0.2) is 0 Å². The summed E-state index contributed by atoms with van der Waals surface area (Å²) in [6, 6.07) is 9.73. The number of carbonyl (C=O) groups excluding carboxylic acids is 1. The van der Waals surface area contributed by atoms with Crippen LogP contribution in [0, 0.1) is 5.41 Å². The van der Waals surface area contributed by atoms with Gasteiger partial charge in [0.2, 0.25) is 5.91 Å². The van der Waals surface area contributed by atoms with Crippen molar-refractivity contribution in [3.8, 4) is 0 Å². The molecule has 0 saturated carbocycles. The van der Waals surface area contributed by atoms with Gasteiger partial charge in [-0.25, -0.2) is 0 Å². The Labute approximate surface area is 119 Å². The van der Waals surface area contributed by atoms with Crippen LogP contribution in [-0.2, 0) is 11.3 Å². The zero-order valence-electron chi connectivity index (χ0n) is 12.1. The first-order valence-corrected chi connectivity index (χ1v) is 6.67. The first kappa shape index (κ1) is 14.2. The standard InChI is InChI=1S/C15H20N4O/c1-15(2,3)14(20)18-13(11-19-16-9-10-17-19)12-7-5-4-6-8-12/h4-10,13H,11H2,1-3H3,(H,18,20). The number of nitrogens with zero attached hydrogens (tertiary/aromatic N) is 3. The van der Waals surface area contributed by atoms with Crippen LogP contribution in [0.1, 0.15) is 32.4 Å². The van der Waals surface area contributed by atoms with Crippen molar-refractivity contribution >= 4 is 5.91 Å². The number of hydrogen-bond acceptors (Lipinski definition) is 3. The highest BCUT2D eigenvalue weighted by molar-refractivity contribution is 5.81. The zero-order chi connectivity index (χ0) is 14.6. The molecule has 0 radical (unpaired) electrons. The Balaban J connectivity index is 2.18. The Hall–Kier alpha value is -2.17. The molecule has 5 heteroatoms. The number of aromatic nitrogens is 3. The van der Waals surface area contributed by atoms with Gasteiger partial charge in [0.05, 0.1) is 25.0 Å². The van der Waals surface area contributed by atoms with Crippen molar-refractivity contribution < 1.29 is 4.79 Å². The summed E-state index contributed by atoms with van der Waals surface area (Å²) < 4.78 is 0. The molecule has 1 aromatic carbocycles. The highest BCUT2D eigenvalue weighted by atomic mass is 16.2. The van der Waals surface area contributed by atoms with Gasteiger partial charge in [-0.15, -0.1) is 0 Å². The van der Waals surface area contributed by atoms with E-state index in [-0.39, 0.29) is 11.9 Å². The minimum atomic E-state index is -0.426. The number of benzene rings is 1. The summed E-state index contributed by atoms with van der Waals surface area (Å²) in [6.07, 6.45) is 3.27. The van der Waals surface area contributed by atoms with Gasteiger partial charge >= 0.3 is 0 Å². The third-order valence-corrected chi connectivity index (χ3v) is 3.00. The Morgan fingerprint density at radius 1 is 1.20 bits per heavy atom. The molecule has 1 aromatic heterocycles. The highest BCUT2D eigenvalue weighted by Gasteiger charge is 2.25. The summed E-state index contributed by atoms with van der Waals surface area (Å²) in [5.41, 5.74) is 0.618. The lowest BCUT2D eigenvalue weighted by Gasteiger charge is -2.24. The van der Waals surface area contributed by atoms with E-state index in [2.05, 4.69) is 15.5 Å². The van der Waals surface area contributed by atoms with Gasteiger partial charge in [-0.3, -0.25) is 4.79 Å². The molecule has 106 valence electrons. The van der Waals surface area contributed by atoms with Crippen LogP contribution >= 0.6 is 0 Å². The van der Waals surface area contributed by atoms with Crippen molar-refractivity contribution in [2.24, 2.45) is 5.41 Å². The lowest BCUT2D eigenvalue weighted by Crippen LogP contribution is -2.39. The van der Waals surface area contributed by atoms with E-state index in [4.69, 9.17) is 0 Å². The van der Waals surface area contributed by atoms with Crippen molar-refractivity contribution in [1.29, 1.82) is 0 Å². The molecule has 2 rings (SSSR count). The first-order chi connectivity index (χ1) is 9.47. The summed E-state index contributed by atoms with van der Waals surface area (Å²) in [4.78, 5) is 13.8. The fourth-order valence-electron chi connectivity index (χ4n) is 1.80. The first-order valence-electron chi connectivity index (χ1n) is 6.67. The SMILES string of the molecule is CC(C)(C)C(=O)NC(Cn1nccn1)c1ccccc1. The number of rotatable bonds is 4. The van der Waals surface area contributed by atoms with E-state index in [1.165, 1.54) is 0 Å². The molecule has 1 amide bonds. The Kier molecular flexibility index (Phi) is 4.17. The number of carbonyl (C=O) groups is 1. The maximum absolute atomic E-state index is 12.2. The van der Waals surface area contributed by atoms with Crippen LogP contribution in [0.3, 0.4) is 0 Å². The van der Waals surface area contributed by atoms with Gasteiger partial charge in [-0.1, -0.05) is 51.1 Å². The molecule has 0 aliphatic carbocycles. The van der Waals surface area contributed by atoms with Crippen molar-refractivity contribution in [2.45, 2.75) is 33.4 Å². The van der Waals surface area contributed by atoms with Gasteiger partial charge in [0.1, 0.15) is 0 Å². The fraction of sp³-hybridized carbons (Fsp3) is 0.400. The van der Waals surface area contributed by atoms with E-state index < -0.39 is 5.41 Å². The van der Waals surface area contributed by atoms with Crippen molar-refractivity contribution in [3.63, 3.8) is 0 Å². The average Bonchev–Trinajstić information content (AvgIpc) is 2.91. The van der Waals surface area contributed by atoms with E-state index in [0.29, 0.717) is 6.54 Å². The molecule has 1 unspecified atom stereocenters. The lowest BCUT2D eigenvalue weighted by molar-refractivity contribution is -0.129. The third-order valence-electron chi connectivity index (χ3n) is 3.00. The quantitative estimate of drug-likeness (QED) is 0.928. The second kappa shape index (κ2) is 5.86. The molecule has 0 fully saturated rings. The summed E-state index contributed by atoms with van der Waals surface area (Å²) in [7, 11) is 0. The van der Waals surface area contributed by atoms with Gasteiger partial charge in [-0.05, 0) is 5.56 Å². The predicted octanol–water partition coefficient (Wildman–Crippen LogP) is 2.18. The van der Waals surface area contributed by atoms with Gasteiger partial charge in [0.25, 0.3) is 0 Å². The Bertz CT molecular complexity index is 543. The second-order valence-electron chi connectivity index (χ2n) is 5.77. The number of hydrogen-bond donors (Lipinski definition) is 1. The van der Waals surface area contributed by atoms with Crippen molar-refractivity contribution in [1.82, 2.24) is 20.3 Å². The minimum Gasteiger partial charge on any atom is -0.347 e. The maximum atomic E-state index is 12.2. The van der Waals surface area contributed by atoms with Crippen LogP contribution in [0.25, 0.3) is 0 Å². The van der Waals surface area contributed by atoms with Gasteiger partial charge < -0.3 is 5.32 Å². The molecule has 0 aliphatic heterocycles. The molecule has 1 atom stereocenters. The maximum Gasteiger partial charge on any atom is 0.225 e.